The zero-order valence-electron chi connectivity index (χ0n) is 70.5. The van der Waals surface area contributed by atoms with Gasteiger partial charge in [0.1, 0.15) is 30.2 Å². The number of hydrogen-bond acceptors (Lipinski definition) is 11. The molecule has 0 radical (unpaired) electrons. The lowest BCUT2D eigenvalue weighted by Gasteiger charge is -2.35. The van der Waals surface area contributed by atoms with Crippen molar-refractivity contribution in [2.24, 2.45) is 0 Å². The van der Waals surface area contributed by atoms with E-state index in [0.29, 0.717) is 54.3 Å². The van der Waals surface area contributed by atoms with Gasteiger partial charge in [-0.15, -0.1) is 0 Å². The highest BCUT2D eigenvalue weighted by atomic mass is 79.9. The molecule has 129 heavy (non-hydrogen) atoms. The number of carbonyl (C=O) groups is 3. The van der Waals surface area contributed by atoms with Crippen LogP contribution in [0.1, 0.15) is 141 Å². The van der Waals surface area contributed by atoms with Crippen molar-refractivity contribution in [1.82, 2.24) is 50.3 Å². The van der Waals surface area contributed by atoms with Crippen molar-refractivity contribution in [2.45, 2.75) is 95.3 Å². The maximum absolute atomic E-state index is 12.8. The molecule has 28 heteroatoms. The fourth-order valence-corrected chi connectivity index (χ4v) is 19.8. The monoisotopic (exact) mass is 1920 g/mol. The molecule has 6 unspecified atom stereocenters. The number of fused-ring (bicyclic) bond motifs is 15. The summed E-state index contributed by atoms with van der Waals surface area (Å²) in [5, 5.41) is 27.9. The maximum atomic E-state index is 12.8. The first-order valence-corrected chi connectivity index (χ1v) is 46.0. The van der Waals surface area contributed by atoms with E-state index in [0.717, 1.165) is 164 Å². The van der Waals surface area contributed by atoms with Gasteiger partial charge in [-0.1, -0.05) is 194 Å². The molecule has 0 fully saturated rings. The lowest BCUT2D eigenvalue weighted by atomic mass is 9.92. The number of ether oxygens (including phenoxy) is 4. The maximum Gasteiger partial charge on any atom is 0.412 e. The van der Waals surface area contributed by atoms with E-state index in [1.807, 2.05) is 200 Å². The second-order valence-corrected chi connectivity index (χ2v) is 36.2. The largest absolute Gasteiger partial charge is 0.497 e. The molecule has 6 atom stereocenters. The molecule has 5 aliphatic rings. The molecule has 5 aromatic heterocycles. The van der Waals surface area contributed by atoms with Crippen molar-refractivity contribution in [3.05, 3.63) is 377 Å². The molecule has 658 valence electrons. The van der Waals surface area contributed by atoms with Gasteiger partial charge in [0.25, 0.3) is 5.69 Å². The molecule has 5 aliphatic heterocycles. The average Bonchev–Trinajstić information content (AvgIpc) is 1.62. The third kappa shape index (κ3) is 19.3. The van der Waals surface area contributed by atoms with Crippen LogP contribution < -0.4 is 20.1 Å². The van der Waals surface area contributed by atoms with Crippen molar-refractivity contribution in [1.29, 1.82) is 0 Å². The van der Waals surface area contributed by atoms with Crippen LogP contribution in [0.4, 0.5) is 15.3 Å². The smallest absolute Gasteiger partial charge is 0.412 e. The summed E-state index contributed by atoms with van der Waals surface area (Å²) in [6.07, 6.45) is 3.45. The van der Waals surface area contributed by atoms with Gasteiger partial charge in [-0.2, -0.15) is 0 Å². The SMILES string of the molecule is CC(=O)N1CCc2c([nH]c3ccc(Cl)cc23)C1c1ccc(OCc2ccccc2)cc1.CCOC(=O)N1CCc2c([nH]c3ccc(Cl)cc23)C1c1ccccc1Cl.COc1ccc(C2c3[nH]c4ccc(Cl)cc4c3CCN2C(=O)OC(C)Cl)cc1.Clc1ccc(C2NCCc3c2[nH]c2ccc(Br)cc32)cc1.O=[N+]([O-])c1ccc(C2NCCc3c2[nH]c2ccc(Cl)cc32)cc1. The highest BCUT2D eigenvalue weighted by Gasteiger charge is 2.40. The molecule has 7 N–H and O–H groups in total. The molecule has 16 aromatic rings. The van der Waals surface area contributed by atoms with Crippen LogP contribution in [0.3, 0.4) is 0 Å². The Morgan fingerprint density at radius 3 is 1.31 bits per heavy atom. The van der Waals surface area contributed by atoms with E-state index < -0.39 is 11.7 Å². The molecular formula is C101H89BrCl7N11O9. The van der Waals surface area contributed by atoms with Gasteiger partial charge in [-0.3, -0.25) is 24.7 Å². The molecule has 11 aromatic carbocycles. The number of aromatic nitrogens is 5. The molecule has 0 saturated heterocycles. The van der Waals surface area contributed by atoms with Crippen molar-refractivity contribution < 1.29 is 38.3 Å². The summed E-state index contributed by atoms with van der Waals surface area (Å²) >= 11 is 46.7. The summed E-state index contributed by atoms with van der Waals surface area (Å²) in [4.78, 5) is 71.2. The fraction of sp³-hybridized carbons (Fsp3) is 0.218. The number of nitro groups is 1. The van der Waals surface area contributed by atoms with Crippen LogP contribution in [0.25, 0.3) is 54.5 Å². The van der Waals surface area contributed by atoms with Crippen LogP contribution in [0.2, 0.25) is 30.1 Å². The average molecular weight is 1930 g/mol. The first-order valence-electron chi connectivity index (χ1n) is 42.5. The van der Waals surface area contributed by atoms with E-state index in [1.165, 1.54) is 50.0 Å². The number of carbonyl (C=O) groups excluding carboxylic acids is 3. The third-order valence-electron chi connectivity index (χ3n) is 24.2. The Kier molecular flexibility index (Phi) is 27.4. The van der Waals surface area contributed by atoms with Gasteiger partial charge in [-0.05, 0) is 241 Å². The number of hydrogen-bond donors (Lipinski definition) is 7. The first-order chi connectivity index (χ1) is 62.5. The summed E-state index contributed by atoms with van der Waals surface area (Å²) in [7, 11) is 1.63. The topological polar surface area (TPSA) is 244 Å². The Labute approximate surface area is 788 Å². The molecule has 0 spiro atoms. The normalized spacial score (nSPS) is 16.8. The Morgan fingerprint density at radius 1 is 0.457 bits per heavy atom. The second-order valence-electron chi connectivity index (χ2n) is 32.0. The van der Waals surface area contributed by atoms with E-state index in [4.69, 9.17) is 100 Å². The molecule has 21 rings (SSSR count). The Bertz CT molecular complexity index is 6820. The van der Waals surface area contributed by atoms with Crippen LogP contribution in [0.5, 0.6) is 11.5 Å². The number of aromatic amines is 5. The molecule has 20 nitrogen and oxygen atoms in total. The zero-order valence-corrected chi connectivity index (χ0v) is 77.4. The molecule has 10 heterocycles. The van der Waals surface area contributed by atoms with Crippen molar-refractivity contribution in [3.63, 3.8) is 0 Å². The number of alkyl halides is 1. The standard InChI is InChI=1S/C26H23ClN2O2.C21H20Cl2N2O3.C20H18Cl2N2O2.C17H14BrClN2.C17H14ClN3O2/c1-17(30)29-14-13-22-23-15-20(27)9-12-24(23)28-25(22)26(29)19-7-10-21(11-8-19)31-16-18-5-3-2-4-6-18;1-12(22)28-21(26)25-10-9-16-17-11-14(23)5-8-18(17)24-19(16)20(25)13-3-6-15(27-2)7-4-13;1-2-26-20(25)24-10-9-13-15-11-12(21)7-8-17(15)23-18(13)19(24)14-5-3-4-6-16(14)22;18-11-3-6-15-14(9-11)13-7-8-20-16(17(13)21-15)10-1-4-12(19)5-2-10;18-11-3-6-15-14(9-11)13-7-8-19-16(17(13)20-15)10-1-4-12(5-2-10)21(22)23/h2-12,15,26,28H,13-14,16H2,1H3;3-8,11-12,20,24H,9-10H2,1-2H3;3-8,11,19,23H,2,9-10H2,1H3;1-6,9,16,20-21H,7-8H2;1-6,9,16,19-20H,7-8H2. The van der Waals surface area contributed by atoms with Gasteiger partial charge >= 0.3 is 12.2 Å². The highest BCUT2D eigenvalue weighted by molar-refractivity contribution is 9.10. The summed E-state index contributed by atoms with van der Waals surface area (Å²) in [6.45, 7) is 9.52. The van der Waals surface area contributed by atoms with Crippen LogP contribution in [0.15, 0.2) is 247 Å². The highest BCUT2D eigenvalue weighted by Crippen LogP contribution is 2.46. The van der Waals surface area contributed by atoms with Crippen LogP contribution >= 0.6 is 97.1 Å². The third-order valence-corrected chi connectivity index (χ3v) is 26.3. The Balaban J connectivity index is 0.000000114. The van der Waals surface area contributed by atoms with Crippen LogP contribution in [-0.4, -0.2) is 115 Å². The first kappa shape index (κ1) is 89.5. The molecular weight excluding hydrogens is 1840 g/mol. The number of non-ortho nitro benzene ring substituents is 1. The summed E-state index contributed by atoms with van der Waals surface area (Å²) in [5.41, 5.74) is 22.6. The van der Waals surface area contributed by atoms with Crippen molar-refractivity contribution in [2.75, 3.05) is 46.4 Å². The van der Waals surface area contributed by atoms with E-state index in [-0.39, 0.29) is 52.8 Å². The van der Waals surface area contributed by atoms with Gasteiger partial charge in [0.2, 0.25) is 5.91 Å². The number of rotatable bonds is 12. The predicted molar refractivity (Wildman–Crippen MR) is 519 cm³/mol. The van der Waals surface area contributed by atoms with Crippen molar-refractivity contribution >= 4 is 175 Å². The van der Waals surface area contributed by atoms with Gasteiger partial charge < -0.3 is 59.4 Å². The number of nitrogens with zero attached hydrogens (tertiary/aromatic N) is 4. The Morgan fingerprint density at radius 2 is 0.853 bits per heavy atom. The number of halogens is 8. The predicted octanol–water partition coefficient (Wildman–Crippen LogP) is 25.8. The van der Waals surface area contributed by atoms with Gasteiger partial charge in [0.15, 0.2) is 5.56 Å². The van der Waals surface area contributed by atoms with Crippen LogP contribution in [0, 0.1) is 10.1 Å². The number of nitrogens with one attached hydrogen (secondary N) is 7. The quantitative estimate of drug-likeness (QED) is 0.0344. The van der Waals surface area contributed by atoms with Gasteiger partial charge in [0.05, 0.1) is 36.8 Å². The fourth-order valence-electron chi connectivity index (χ4n) is 18.3. The van der Waals surface area contributed by atoms with Crippen molar-refractivity contribution in [3.8, 4) is 11.5 Å². The second kappa shape index (κ2) is 39.5. The van der Waals surface area contributed by atoms with E-state index in [2.05, 4.69) is 93.9 Å². The van der Waals surface area contributed by atoms with E-state index in [9.17, 15) is 24.5 Å². The van der Waals surface area contributed by atoms with Crippen LogP contribution in [-0.2, 0) is 53.0 Å². The molecule has 0 saturated carbocycles. The minimum atomic E-state index is -0.702. The number of benzene rings is 11. The summed E-state index contributed by atoms with van der Waals surface area (Å²) in [6, 6.07) is 77.4. The summed E-state index contributed by atoms with van der Waals surface area (Å²) in [5.74, 6) is 1.63. The van der Waals surface area contributed by atoms with Gasteiger partial charge in [-0.25, -0.2) is 9.59 Å². The molecule has 0 bridgehead atoms. The number of amides is 3. The number of methoxy groups -OCH3 is 1. The van der Waals surface area contributed by atoms with E-state index in [1.54, 1.807) is 42.9 Å². The Hall–Kier alpha value is -11.4. The minimum absolute atomic E-state index is 0.00531. The number of nitro benzene ring substituents is 1. The minimum Gasteiger partial charge on any atom is -0.497 e. The molecule has 0 aliphatic carbocycles. The zero-order chi connectivity index (χ0) is 89.8. The number of H-pyrrole nitrogens is 5. The summed E-state index contributed by atoms with van der Waals surface area (Å²) < 4.78 is 22.9. The van der Waals surface area contributed by atoms with Gasteiger partial charge in [0, 0.05) is 169 Å². The molecule has 3 amide bonds. The van der Waals surface area contributed by atoms with E-state index >= 15 is 0 Å². The lowest BCUT2D eigenvalue weighted by molar-refractivity contribution is -0.384. The lowest BCUT2D eigenvalue weighted by Crippen LogP contribution is -2.41.